The second-order valence-electron chi connectivity index (χ2n) is 15.0. The maximum absolute atomic E-state index is 6.67. The standard InChI is InChI=1S/C37H54BClN7O3P/c1-10-25-21-30(32(47-7)23-31(25)46-15-13-27(14-16-46)45-19-17-44(6)18-20-45)42-35-40-24-28(39)34(43-35)41-29-12-11-26(22-33(29)50(8)9)38-48-36(2,3)37(4,5)49-38/h11-12,21-24,27H,10,13-20H2,1-9H3,(H2,40,41,42,43). The Morgan fingerprint density at radius 2 is 1.64 bits per heavy atom. The first-order valence-corrected chi connectivity index (χ1v) is 20.5. The lowest BCUT2D eigenvalue weighted by atomic mass is 9.79. The molecule has 0 radical (unpaired) electrons. The minimum absolute atomic E-state index is 0.404. The molecular formula is C37H54BClN7O3P. The summed E-state index contributed by atoms with van der Waals surface area (Å²) in [5, 5.41) is 8.54. The van der Waals surface area contributed by atoms with Gasteiger partial charge < -0.3 is 34.5 Å². The van der Waals surface area contributed by atoms with Gasteiger partial charge in [0.2, 0.25) is 5.95 Å². The van der Waals surface area contributed by atoms with Crippen LogP contribution in [-0.2, 0) is 15.7 Å². The highest BCUT2D eigenvalue weighted by atomic mass is 35.5. The lowest BCUT2D eigenvalue weighted by molar-refractivity contribution is 0.00578. The molecule has 0 saturated carbocycles. The van der Waals surface area contributed by atoms with Gasteiger partial charge in [-0.25, -0.2) is 4.98 Å². The third-order valence-corrected chi connectivity index (χ3v) is 12.5. The van der Waals surface area contributed by atoms with Crippen LogP contribution < -0.4 is 31.0 Å². The fraction of sp³-hybridized carbons (Fsp3) is 0.568. The van der Waals surface area contributed by atoms with E-state index in [1.807, 2.05) is 0 Å². The number of nitrogens with zero attached hydrogens (tertiary/aromatic N) is 5. The van der Waals surface area contributed by atoms with Gasteiger partial charge in [-0.15, -0.1) is 0 Å². The highest BCUT2D eigenvalue weighted by Crippen LogP contribution is 2.39. The van der Waals surface area contributed by atoms with E-state index in [2.05, 4.69) is 116 Å². The quantitative estimate of drug-likeness (QED) is 0.190. The third-order valence-electron chi connectivity index (χ3n) is 10.9. The largest absolute Gasteiger partial charge is 0.494 e. The molecule has 3 aromatic rings. The molecule has 2 aromatic carbocycles. The molecule has 3 aliphatic rings. The molecule has 10 nitrogen and oxygen atoms in total. The van der Waals surface area contributed by atoms with Crippen LogP contribution in [0.1, 0.15) is 53.0 Å². The van der Waals surface area contributed by atoms with E-state index in [4.69, 9.17) is 30.6 Å². The van der Waals surface area contributed by atoms with E-state index >= 15 is 0 Å². The van der Waals surface area contributed by atoms with Crippen LogP contribution >= 0.6 is 19.5 Å². The van der Waals surface area contributed by atoms with E-state index in [9.17, 15) is 0 Å². The Kier molecular flexibility index (Phi) is 11.2. The fourth-order valence-electron chi connectivity index (χ4n) is 7.03. The summed E-state index contributed by atoms with van der Waals surface area (Å²) in [4.78, 5) is 17.0. The van der Waals surface area contributed by atoms with Crippen LogP contribution in [0.4, 0.5) is 28.8 Å². The summed E-state index contributed by atoms with van der Waals surface area (Å²) >= 11 is 6.67. The zero-order valence-corrected chi connectivity index (χ0v) is 32.9. The van der Waals surface area contributed by atoms with Crippen LogP contribution in [-0.4, -0.2) is 111 Å². The number of piperidine rings is 1. The number of aryl methyl sites for hydroxylation is 1. The molecule has 0 aliphatic carbocycles. The number of piperazine rings is 1. The second kappa shape index (κ2) is 15.1. The molecule has 0 amide bonds. The maximum atomic E-state index is 6.67. The maximum Gasteiger partial charge on any atom is 0.494 e. The molecule has 50 heavy (non-hydrogen) atoms. The lowest BCUT2D eigenvalue weighted by Crippen LogP contribution is -2.52. The van der Waals surface area contributed by atoms with Gasteiger partial charge in [0.05, 0.1) is 30.2 Å². The summed E-state index contributed by atoms with van der Waals surface area (Å²) in [6.07, 6.45) is 4.90. The minimum Gasteiger partial charge on any atom is -0.494 e. The Morgan fingerprint density at radius 3 is 2.26 bits per heavy atom. The number of nitrogens with one attached hydrogen (secondary N) is 2. The van der Waals surface area contributed by atoms with Gasteiger partial charge in [0.1, 0.15) is 10.8 Å². The number of hydrogen-bond acceptors (Lipinski definition) is 10. The number of halogens is 1. The first-order chi connectivity index (χ1) is 23.8. The molecule has 6 rings (SSSR count). The van der Waals surface area contributed by atoms with Crippen molar-refractivity contribution in [2.75, 3.05) is 82.3 Å². The number of likely N-dealkylation sites (N-methyl/N-ethyl adjacent to an activating group) is 1. The van der Waals surface area contributed by atoms with Gasteiger partial charge in [-0.1, -0.05) is 38.6 Å². The van der Waals surface area contributed by atoms with Crippen LogP contribution in [0.2, 0.25) is 5.02 Å². The van der Waals surface area contributed by atoms with Crippen LogP contribution in [0.15, 0.2) is 36.5 Å². The van der Waals surface area contributed by atoms with E-state index in [0.717, 1.165) is 55.2 Å². The van der Waals surface area contributed by atoms with Gasteiger partial charge >= 0.3 is 7.12 Å². The Morgan fingerprint density at radius 1 is 0.960 bits per heavy atom. The number of rotatable bonds is 10. The fourth-order valence-corrected chi connectivity index (χ4v) is 8.19. The van der Waals surface area contributed by atoms with Crippen molar-refractivity contribution in [3.8, 4) is 5.75 Å². The zero-order chi connectivity index (χ0) is 35.8. The number of aromatic nitrogens is 2. The highest BCUT2D eigenvalue weighted by molar-refractivity contribution is 7.64. The third kappa shape index (κ3) is 7.88. The molecule has 1 aromatic heterocycles. The summed E-state index contributed by atoms with van der Waals surface area (Å²) in [6, 6.07) is 11.3. The molecule has 0 unspecified atom stereocenters. The number of anilines is 5. The number of benzene rings is 2. The number of hydrogen-bond donors (Lipinski definition) is 2. The number of methoxy groups -OCH3 is 1. The van der Waals surface area contributed by atoms with Gasteiger partial charge in [-0.05, 0) is 95.8 Å². The molecule has 270 valence electrons. The summed E-state index contributed by atoms with van der Waals surface area (Å²) in [5.41, 5.74) is 4.48. The van der Waals surface area contributed by atoms with Crippen molar-refractivity contribution >= 4 is 66.2 Å². The molecular weight excluding hydrogens is 668 g/mol. The Balaban J connectivity index is 1.18. The number of ether oxygens (including phenoxy) is 1. The highest BCUT2D eigenvalue weighted by Gasteiger charge is 2.51. The monoisotopic (exact) mass is 721 g/mol. The average molecular weight is 722 g/mol. The van der Waals surface area contributed by atoms with E-state index in [1.165, 1.54) is 42.5 Å². The summed E-state index contributed by atoms with van der Waals surface area (Å²) in [6.45, 7) is 21.7. The van der Waals surface area contributed by atoms with Crippen molar-refractivity contribution in [1.82, 2.24) is 19.8 Å². The van der Waals surface area contributed by atoms with Gasteiger partial charge in [0.25, 0.3) is 0 Å². The minimum atomic E-state index is -0.477. The topological polar surface area (TPSA) is 87.2 Å². The summed E-state index contributed by atoms with van der Waals surface area (Å²) < 4.78 is 18.6. The van der Waals surface area contributed by atoms with E-state index < -0.39 is 26.2 Å². The van der Waals surface area contributed by atoms with Crippen molar-refractivity contribution < 1.29 is 14.0 Å². The van der Waals surface area contributed by atoms with E-state index in [0.29, 0.717) is 22.8 Å². The van der Waals surface area contributed by atoms with Gasteiger partial charge in [-0.3, -0.25) is 4.90 Å². The molecule has 3 saturated heterocycles. The van der Waals surface area contributed by atoms with Crippen LogP contribution in [0, 0.1) is 0 Å². The Bertz CT molecular complexity index is 1650. The van der Waals surface area contributed by atoms with Crippen molar-refractivity contribution in [3.63, 3.8) is 0 Å². The smallest absolute Gasteiger partial charge is 0.494 e. The average Bonchev–Trinajstić information content (AvgIpc) is 3.32. The summed E-state index contributed by atoms with van der Waals surface area (Å²) in [7, 11) is 3.03. The van der Waals surface area contributed by atoms with Crippen molar-refractivity contribution in [3.05, 3.63) is 47.1 Å². The van der Waals surface area contributed by atoms with Crippen LogP contribution in [0.25, 0.3) is 0 Å². The SMILES string of the molecule is CCc1cc(Nc2ncc(Cl)c(Nc3ccc(B4OC(C)(C)C(C)(C)O4)cc3P(C)C)n2)c(OC)cc1N1CCC(N2CCN(C)CC2)CC1. The van der Waals surface area contributed by atoms with Crippen LogP contribution in [0.3, 0.4) is 0 Å². The molecule has 2 N–H and O–H groups in total. The molecule has 0 spiro atoms. The Hall–Kier alpha value is -2.66. The summed E-state index contributed by atoms with van der Waals surface area (Å²) in [5.74, 6) is 1.72. The molecule has 4 heterocycles. The molecule has 13 heteroatoms. The normalized spacial score (nSPS) is 20.1. The van der Waals surface area contributed by atoms with Crippen molar-refractivity contribution in [2.24, 2.45) is 0 Å². The van der Waals surface area contributed by atoms with E-state index in [1.54, 1.807) is 13.3 Å². The lowest BCUT2D eigenvalue weighted by Gasteiger charge is -2.43. The predicted octanol–water partition coefficient (Wildman–Crippen LogP) is 6.07. The second-order valence-corrected chi connectivity index (χ2v) is 17.7. The van der Waals surface area contributed by atoms with Gasteiger partial charge in [0, 0.05) is 62.8 Å². The first kappa shape index (κ1) is 37.1. The Labute approximate surface area is 305 Å². The molecule has 3 aliphatic heterocycles. The molecule has 0 bridgehead atoms. The molecule has 3 fully saturated rings. The van der Waals surface area contributed by atoms with E-state index in [-0.39, 0.29) is 0 Å². The van der Waals surface area contributed by atoms with Crippen molar-refractivity contribution in [2.45, 2.75) is 71.1 Å². The van der Waals surface area contributed by atoms with Crippen molar-refractivity contribution in [1.29, 1.82) is 0 Å². The van der Waals surface area contributed by atoms with Gasteiger partial charge in [0.15, 0.2) is 5.82 Å². The first-order valence-electron chi connectivity index (χ1n) is 17.9. The molecule has 0 atom stereocenters. The predicted molar refractivity (Wildman–Crippen MR) is 211 cm³/mol. The van der Waals surface area contributed by atoms with Crippen LogP contribution in [0.5, 0.6) is 5.75 Å². The van der Waals surface area contributed by atoms with Gasteiger partial charge in [-0.2, -0.15) is 4.98 Å². The zero-order valence-electron chi connectivity index (χ0n) is 31.3.